The first-order valence-corrected chi connectivity index (χ1v) is 4.82. The van der Waals surface area contributed by atoms with E-state index in [-0.39, 0.29) is 0 Å². The van der Waals surface area contributed by atoms with Crippen LogP contribution in [0.15, 0.2) is 16.6 Å². The van der Waals surface area contributed by atoms with Gasteiger partial charge in [-0.15, -0.1) is 0 Å². The monoisotopic (exact) mass is 257 g/mol. The van der Waals surface area contributed by atoms with Crippen molar-refractivity contribution in [1.82, 2.24) is 0 Å². The number of halogens is 2. The van der Waals surface area contributed by atoms with Crippen LogP contribution in [-0.2, 0) is 0 Å². The Bertz CT molecular complexity index is 386. The fraction of sp³-hybridized carbons (Fsp3) is 0.300. The molecule has 0 saturated carbocycles. The molecule has 0 aliphatic heterocycles. The standard InChI is InChI=1S/C10H9BrFNO/c1-6(5-13)7-3-8(11)10(14-2)4-9(7)12/h3-4,6H,1-2H3. The maximum atomic E-state index is 13.4. The highest BCUT2D eigenvalue weighted by Gasteiger charge is 2.13. The third kappa shape index (κ3) is 2.05. The smallest absolute Gasteiger partial charge is 0.135 e. The number of benzene rings is 1. The molecule has 1 atom stereocenters. The van der Waals surface area contributed by atoms with Gasteiger partial charge in [-0.2, -0.15) is 5.26 Å². The number of methoxy groups -OCH3 is 1. The third-order valence-electron chi connectivity index (χ3n) is 1.93. The van der Waals surface area contributed by atoms with Crippen molar-refractivity contribution in [3.63, 3.8) is 0 Å². The zero-order chi connectivity index (χ0) is 10.7. The molecular formula is C10H9BrFNO. The summed E-state index contributed by atoms with van der Waals surface area (Å²) in [7, 11) is 1.47. The predicted molar refractivity (Wildman–Crippen MR) is 54.7 cm³/mol. The maximum Gasteiger partial charge on any atom is 0.135 e. The van der Waals surface area contributed by atoms with Gasteiger partial charge < -0.3 is 4.74 Å². The molecule has 0 saturated heterocycles. The van der Waals surface area contributed by atoms with E-state index in [1.165, 1.54) is 13.2 Å². The van der Waals surface area contributed by atoms with E-state index in [0.29, 0.717) is 15.8 Å². The van der Waals surface area contributed by atoms with Crippen LogP contribution in [0, 0.1) is 17.1 Å². The Hall–Kier alpha value is -1.08. The molecule has 0 aliphatic carbocycles. The van der Waals surface area contributed by atoms with Gasteiger partial charge in [-0.3, -0.25) is 0 Å². The van der Waals surface area contributed by atoms with Gasteiger partial charge in [-0.1, -0.05) is 0 Å². The van der Waals surface area contributed by atoms with Crippen LogP contribution in [0.5, 0.6) is 5.75 Å². The minimum Gasteiger partial charge on any atom is -0.495 e. The summed E-state index contributed by atoms with van der Waals surface area (Å²) in [6.07, 6.45) is 0. The summed E-state index contributed by atoms with van der Waals surface area (Å²) >= 11 is 3.24. The van der Waals surface area contributed by atoms with Crippen LogP contribution in [0.2, 0.25) is 0 Å². The molecule has 1 aromatic carbocycles. The van der Waals surface area contributed by atoms with Crippen molar-refractivity contribution in [2.24, 2.45) is 0 Å². The highest BCUT2D eigenvalue weighted by Crippen LogP contribution is 2.30. The summed E-state index contributed by atoms with van der Waals surface area (Å²) in [6.45, 7) is 1.65. The molecule has 0 spiro atoms. The number of hydrogen-bond acceptors (Lipinski definition) is 2. The lowest BCUT2D eigenvalue weighted by molar-refractivity contribution is 0.408. The Morgan fingerprint density at radius 3 is 2.71 bits per heavy atom. The van der Waals surface area contributed by atoms with Crippen LogP contribution in [0.4, 0.5) is 4.39 Å². The second kappa shape index (κ2) is 4.43. The molecular weight excluding hydrogens is 249 g/mol. The molecule has 2 nitrogen and oxygen atoms in total. The van der Waals surface area contributed by atoms with Crippen LogP contribution in [-0.4, -0.2) is 7.11 Å². The van der Waals surface area contributed by atoms with E-state index in [1.54, 1.807) is 13.0 Å². The summed E-state index contributed by atoms with van der Waals surface area (Å²) in [5.41, 5.74) is 0.375. The number of rotatable bonds is 2. The fourth-order valence-electron chi connectivity index (χ4n) is 1.10. The van der Waals surface area contributed by atoms with Crippen molar-refractivity contribution in [1.29, 1.82) is 5.26 Å². The molecule has 0 aromatic heterocycles. The summed E-state index contributed by atoms with van der Waals surface area (Å²) in [5.74, 6) is -0.451. The maximum absolute atomic E-state index is 13.4. The molecule has 0 bridgehead atoms. The quantitative estimate of drug-likeness (QED) is 0.815. The Morgan fingerprint density at radius 1 is 1.57 bits per heavy atom. The minimum absolute atomic E-state index is 0.375. The summed E-state index contributed by atoms with van der Waals surface area (Å²) < 4.78 is 19.0. The number of ether oxygens (including phenoxy) is 1. The first-order valence-electron chi connectivity index (χ1n) is 4.02. The van der Waals surface area contributed by atoms with E-state index in [9.17, 15) is 4.39 Å². The van der Waals surface area contributed by atoms with E-state index >= 15 is 0 Å². The van der Waals surface area contributed by atoms with E-state index < -0.39 is 11.7 Å². The summed E-state index contributed by atoms with van der Waals surface area (Å²) in [6, 6.07) is 4.83. The van der Waals surface area contributed by atoms with Gasteiger partial charge in [0.1, 0.15) is 11.6 Å². The normalized spacial score (nSPS) is 11.9. The van der Waals surface area contributed by atoms with E-state index in [2.05, 4.69) is 15.9 Å². The van der Waals surface area contributed by atoms with Crippen molar-refractivity contribution in [3.8, 4) is 11.8 Å². The van der Waals surface area contributed by atoms with Crippen LogP contribution < -0.4 is 4.74 Å². The fourth-order valence-corrected chi connectivity index (χ4v) is 1.62. The first kappa shape index (κ1) is 11.0. The molecule has 0 aliphatic rings. The molecule has 0 radical (unpaired) electrons. The Morgan fingerprint density at radius 2 is 2.21 bits per heavy atom. The topological polar surface area (TPSA) is 33.0 Å². The molecule has 0 amide bonds. The van der Waals surface area contributed by atoms with Crippen LogP contribution in [0.1, 0.15) is 18.4 Å². The van der Waals surface area contributed by atoms with Crippen molar-refractivity contribution < 1.29 is 9.13 Å². The minimum atomic E-state index is -0.461. The zero-order valence-electron chi connectivity index (χ0n) is 7.84. The van der Waals surface area contributed by atoms with Gasteiger partial charge in [-0.25, -0.2) is 4.39 Å². The van der Waals surface area contributed by atoms with Gasteiger partial charge in [0.15, 0.2) is 0 Å². The predicted octanol–water partition coefficient (Wildman–Crippen LogP) is 3.22. The van der Waals surface area contributed by atoms with Crippen LogP contribution >= 0.6 is 15.9 Å². The van der Waals surface area contributed by atoms with Crippen molar-refractivity contribution in [2.45, 2.75) is 12.8 Å². The third-order valence-corrected chi connectivity index (χ3v) is 2.55. The lowest BCUT2D eigenvalue weighted by atomic mass is 10.0. The van der Waals surface area contributed by atoms with Crippen LogP contribution in [0.25, 0.3) is 0 Å². The van der Waals surface area contributed by atoms with E-state index in [0.717, 1.165) is 0 Å². The molecule has 0 heterocycles. The van der Waals surface area contributed by atoms with Crippen molar-refractivity contribution in [2.75, 3.05) is 7.11 Å². The SMILES string of the molecule is COc1cc(F)c(C(C)C#N)cc1Br. The van der Waals surface area contributed by atoms with Crippen molar-refractivity contribution in [3.05, 3.63) is 28.0 Å². The average Bonchev–Trinajstić information content (AvgIpc) is 2.19. The molecule has 1 unspecified atom stereocenters. The number of nitrogens with zero attached hydrogens (tertiary/aromatic N) is 1. The van der Waals surface area contributed by atoms with Crippen molar-refractivity contribution >= 4 is 15.9 Å². The molecule has 1 aromatic rings. The van der Waals surface area contributed by atoms with Gasteiger partial charge in [-0.05, 0) is 28.9 Å². The lowest BCUT2D eigenvalue weighted by Crippen LogP contribution is -1.96. The summed E-state index contributed by atoms with van der Waals surface area (Å²) in [4.78, 5) is 0. The molecule has 1 rings (SSSR count). The first-order chi connectivity index (χ1) is 6.60. The largest absolute Gasteiger partial charge is 0.495 e. The molecule has 4 heteroatoms. The lowest BCUT2D eigenvalue weighted by Gasteiger charge is -2.08. The Kier molecular flexibility index (Phi) is 3.48. The number of nitriles is 1. The van der Waals surface area contributed by atoms with Gasteiger partial charge in [0.25, 0.3) is 0 Å². The van der Waals surface area contributed by atoms with Gasteiger partial charge in [0.2, 0.25) is 0 Å². The second-order valence-electron chi connectivity index (χ2n) is 2.86. The highest BCUT2D eigenvalue weighted by molar-refractivity contribution is 9.10. The second-order valence-corrected chi connectivity index (χ2v) is 3.71. The highest BCUT2D eigenvalue weighted by atomic mass is 79.9. The molecule has 14 heavy (non-hydrogen) atoms. The number of hydrogen-bond donors (Lipinski definition) is 0. The van der Waals surface area contributed by atoms with Gasteiger partial charge in [0, 0.05) is 11.6 Å². The Labute approximate surface area is 90.4 Å². The van der Waals surface area contributed by atoms with E-state index in [1.807, 2.05) is 6.07 Å². The molecule has 74 valence electrons. The Balaban J connectivity index is 3.23. The van der Waals surface area contributed by atoms with Gasteiger partial charge in [0.05, 0.1) is 23.6 Å². The molecule has 0 N–H and O–H groups in total. The molecule has 0 fully saturated rings. The summed E-state index contributed by atoms with van der Waals surface area (Å²) in [5, 5.41) is 8.67. The van der Waals surface area contributed by atoms with Crippen LogP contribution in [0.3, 0.4) is 0 Å². The zero-order valence-corrected chi connectivity index (χ0v) is 9.43. The van der Waals surface area contributed by atoms with E-state index in [4.69, 9.17) is 10.00 Å². The van der Waals surface area contributed by atoms with Gasteiger partial charge >= 0.3 is 0 Å². The average molecular weight is 258 g/mol.